The van der Waals surface area contributed by atoms with E-state index in [0.29, 0.717) is 11.5 Å². The van der Waals surface area contributed by atoms with Crippen LogP contribution in [0.3, 0.4) is 0 Å². The summed E-state index contributed by atoms with van der Waals surface area (Å²) in [6.07, 6.45) is 8.48. The normalized spacial score (nSPS) is 14.4. The van der Waals surface area contributed by atoms with Gasteiger partial charge in [-0.2, -0.15) is 0 Å². The Bertz CT molecular complexity index is 999. The molecule has 146 valence electrons. The fourth-order valence-corrected chi connectivity index (χ4v) is 3.52. The lowest BCUT2D eigenvalue weighted by molar-refractivity contribution is 0.0523. The monoisotopic (exact) mass is 381 g/mol. The molecule has 1 aromatic heterocycles. The van der Waals surface area contributed by atoms with Gasteiger partial charge in [0.15, 0.2) is 16.9 Å². The second-order valence-corrected chi connectivity index (χ2v) is 6.48. The van der Waals surface area contributed by atoms with E-state index >= 15 is 0 Å². The van der Waals surface area contributed by atoms with Crippen molar-refractivity contribution in [2.24, 2.45) is 0 Å². The molecule has 0 radical (unpaired) electrons. The van der Waals surface area contributed by atoms with Gasteiger partial charge >= 0.3 is 5.97 Å². The van der Waals surface area contributed by atoms with Gasteiger partial charge < -0.3 is 18.8 Å². The zero-order chi connectivity index (χ0) is 20.3. The number of hydrogen-bond donors (Lipinski definition) is 0. The number of rotatable bonds is 6. The summed E-state index contributed by atoms with van der Waals surface area (Å²) in [6.45, 7) is 4.15. The van der Waals surface area contributed by atoms with Crippen LogP contribution >= 0.6 is 0 Å². The number of esters is 1. The Morgan fingerprint density at radius 3 is 2.71 bits per heavy atom. The molecule has 0 fully saturated rings. The molecular formula is C22H23NO5. The van der Waals surface area contributed by atoms with Crippen molar-refractivity contribution in [2.45, 2.75) is 32.7 Å². The predicted molar refractivity (Wildman–Crippen MR) is 106 cm³/mol. The van der Waals surface area contributed by atoms with Crippen LogP contribution in [-0.2, 0) is 11.2 Å². The number of benzene rings is 1. The van der Waals surface area contributed by atoms with E-state index in [-0.39, 0.29) is 30.2 Å². The van der Waals surface area contributed by atoms with Crippen molar-refractivity contribution in [3.63, 3.8) is 0 Å². The highest BCUT2D eigenvalue weighted by Gasteiger charge is 2.27. The third-order valence-electron chi connectivity index (χ3n) is 4.87. The molecule has 0 amide bonds. The molecule has 1 aliphatic heterocycles. The second-order valence-electron chi connectivity index (χ2n) is 6.48. The largest absolute Gasteiger partial charge is 0.493 e. The smallest absolute Gasteiger partial charge is 0.343 e. The van der Waals surface area contributed by atoms with Crippen LogP contribution in [0.2, 0.25) is 0 Å². The topological polar surface area (TPSA) is 66.8 Å². The molecule has 0 aliphatic carbocycles. The minimum atomic E-state index is -0.598. The van der Waals surface area contributed by atoms with Crippen molar-refractivity contribution >= 4 is 5.97 Å². The zero-order valence-corrected chi connectivity index (χ0v) is 16.3. The average Bonchev–Trinajstić information content (AvgIpc) is 2.70. The maximum absolute atomic E-state index is 12.6. The van der Waals surface area contributed by atoms with E-state index < -0.39 is 5.97 Å². The van der Waals surface area contributed by atoms with Crippen molar-refractivity contribution in [3.8, 4) is 35.1 Å². The quantitative estimate of drug-likeness (QED) is 0.568. The van der Waals surface area contributed by atoms with Crippen LogP contribution in [0.5, 0.6) is 11.5 Å². The molecule has 1 atom stereocenters. The van der Waals surface area contributed by atoms with Crippen molar-refractivity contribution in [3.05, 3.63) is 45.7 Å². The van der Waals surface area contributed by atoms with Crippen LogP contribution in [-0.4, -0.2) is 30.9 Å². The van der Waals surface area contributed by atoms with Gasteiger partial charge in [-0.25, -0.2) is 4.79 Å². The molecule has 0 saturated heterocycles. The Labute approximate surface area is 164 Å². The molecule has 2 aromatic rings. The molecule has 3 rings (SSSR count). The van der Waals surface area contributed by atoms with Crippen LogP contribution in [0.15, 0.2) is 29.2 Å². The number of nitrogens with zero attached hydrogens (tertiary/aromatic N) is 1. The molecule has 28 heavy (non-hydrogen) atoms. The number of ether oxygens (including phenoxy) is 3. The van der Waals surface area contributed by atoms with Crippen LogP contribution in [0.4, 0.5) is 0 Å². The van der Waals surface area contributed by atoms with Crippen molar-refractivity contribution in [1.82, 2.24) is 4.57 Å². The van der Waals surface area contributed by atoms with E-state index in [1.807, 2.05) is 16.7 Å². The third-order valence-corrected chi connectivity index (χ3v) is 4.87. The zero-order valence-electron chi connectivity index (χ0n) is 16.3. The number of pyridine rings is 1. The Kier molecular flexibility index (Phi) is 5.74. The summed E-state index contributed by atoms with van der Waals surface area (Å²) in [5.74, 6) is 2.97. The molecule has 2 heterocycles. The number of carbonyl (C=O) groups excluding carboxylic acids is 1. The molecule has 0 spiro atoms. The van der Waals surface area contributed by atoms with Gasteiger partial charge in [-0.3, -0.25) is 4.79 Å². The first-order valence-electron chi connectivity index (χ1n) is 9.24. The van der Waals surface area contributed by atoms with Gasteiger partial charge in [-0.15, -0.1) is 6.42 Å². The SMILES string of the molecule is C#CCOc1cc2c(cc1OC)-c1cc(=O)c(C(=O)OCC)cn1C(CC)C2. The van der Waals surface area contributed by atoms with Crippen molar-refractivity contribution in [1.29, 1.82) is 0 Å². The summed E-state index contributed by atoms with van der Waals surface area (Å²) in [7, 11) is 1.55. The fraction of sp³-hybridized carbons (Fsp3) is 0.364. The molecule has 6 nitrogen and oxygen atoms in total. The van der Waals surface area contributed by atoms with Crippen molar-refractivity contribution in [2.75, 3.05) is 20.3 Å². The minimum absolute atomic E-state index is 0.0495. The summed E-state index contributed by atoms with van der Waals surface area (Å²) in [4.78, 5) is 24.7. The van der Waals surface area contributed by atoms with Gasteiger partial charge in [-0.05, 0) is 37.5 Å². The first kappa shape index (κ1) is 19.6. The van der Waals surface area contributed by atoms with Gasteiger partial charge in [0, 0.05) is 23.9 Å². The Morgan fingerprint density at radius 1 is 1.29 bits per heavy atom. The number of fused-ring (bicyclic) bond motifs is 3. The average molecular weight is 381 g/mol. The summed E-state index contributed by atoms with van der Waals surface area (Å²) in [5, 5.41) is 0. The summed E-state index contributed by atoms with van der Waals surface area (Å²) < 4.78 is 18.1. The number of terminal acetylenes is 1. The van der Waals surface area contributed by atoms with Crippen LogP contribution in [0, 0.1) is 12.3 Å². The van der Waals surface area contributed by atoms with Crippen LogP contribution in [0.25, 0.3) is 11.3 Å². The summed E-state index contributed by atoms with van der Waals surface area (Å²) in [5.41, 5.74) is 2.35. The molecular weight excluding hydrogens is 358 g/mol. The van der Waals surface area contributed by atoms with Crippen molar-refractivity contribution < 1.29 is 19.0 Å². The number of hydrogen-bond acceptors (Lipinski definition) is 5. The maximum Gasteiger partial charge on any atom is 0.343 e. The lowest BCUT2D eigenvalue weighted by Crippen LogP contribution is -2.26. The van der Waals surface area contributed by atoms with Crippen LogP contribution < -0.4 is 14.9 Å². The predicted octanol–water partition coefficient (Wildman–Crippen LogP) is 3.22. The van der Waals surface area contributed by atoms with Gasteiger partial charge in [0.25, 0.3) is 0 Å². The van der Waals surface area contributed by atoms with E-state index in [9.17, 15) is 9.59 Å². The van der Waals surface area contributed by atoms with E-state index in [0.717, 1.165) is 29.7 Å². The molecule has 1 aliphatic rings. The lowest BCUT2D eigenvalue weighted by Gasteiger charge is -2.31. The molecule has 1 aromatic carbocycles. The molecule has 0 bridgehead atoms. The highest BCUT2D eigenvalue weighted by Crippen LogP contribution is 2.41. The third kappa shape index (κ3) is 3.48. The summed E-state index contributed by atoms with van der Waals surface area (Å²) >= 11 is 0. The second kappa shape index (κ2) is 8.22. The molecule has 0 N–H and O–H groups in total. The number of aromatic nitrogens is 1. The molecule has 1 unspecified atom stereocenters. The molecule has 0 saturated carbocycles. The van der Waals surface area contributed by atoms with Gasteiger partial charge in [0.05, 0.1) is 19.4 Å². The van der Waals surface area contributed by atoms with E-state index in [1.165, 1.54) is 6.07 Å². The van der Waals surface area contributed by atoms with E-state index in [2.05, 4.69) is 12.8 Å². The Morgan fingerprint density at radius 2 is 2.07 bits per heavy atom. The summed E-state index contributed by atoms with van der Waals surface area (Å²) in [6, 6.07) is 5.36. The number of methoxy groups -OCH3 is 1. The van der Waals surface area contributed by atoms with Gasteiger partial charge in [0.1, 0.15) is 12.2 Å². The Balaban J connectivity index is 2.17. The van der Waals surface area contributed by atoms with E-state index in [1.54, 1.807) is 20.2 Å². The van der Waals surface area contributed by atoms with Gasteiger partial charge in [0.2, 0.25) is 0 Å². The highest BCUT2D eigenvalue weighted by molar-refractivity contribution is 5.89. The number of carbonyl (C=O) groups is 1. The minimum Gasteiger partial charge on any atom is -0.493 e. The highest BCUT2D eigenvalue weighted by atomic mass is 16.5. The first-order chi connectivity index (χ1) is 13.5. The standard InChI is InChI=1S/C22H23NO5/c1-5-8-28-21-10-14-9-15(6-2)23-13-17(22(25)27-7-3)19(24)12-18(23)16(14)11-20(21)26-4/h1,10-13,15H,6-9H2,2-4H3. The Hall–Kier alpha value is -3.20. The maximum atomic E-state index is 12.6. The van der Waals surface area contributed by atoms with Gasteiger partial charge in [-0.1, -0.05) is 12.8 Å². The van der Waals surface area contributed by atoms with Crippen LogP contribution in [0.1, 0.15) is 42.2 Å². The lowest BCUT2D eigenvalue weighted by atomic mass is 9.90. The fourth-order valence-electron chi connectivity index (χ4n) is 3.52. The van der Waals surface area contributed by atoms with E-state index in [4.69, 9.17) is 20.6 Å². The first-order valence-corrected chi connectivity index (χ1v) is 9.24. The molecule has 6 heteroatoms.